The Morgan fingerprint density at radius 2 is 2.35 bits per heavy atom. The number of rotatable bonds is 4. The van der Waals surface area contributed by atoms with Crippen LogP contribution in [0.2, 0.25) is 5.02 Å². The van der Waals surface area contributed by atoms with E-state index in [0.717, 1.165) is 36.7 Å². The van der Waals surface area contributed by atoms with Crippen molar-refractivity contribution in [1.29, 1.82) is 0 Å². The van der Waals surface area contributed by atoms with Crippen molar-refractivity contribution in [2.75, 3.05) is 13.1 Å². The highest BCUT2D eigenvalue weighted by Crippen LogP contribution is 2.32. The Morgan fingerprint density at radius 3 is 3.00 bits per heavy atom. The smallest absolute Gasteiger partial charge is 0.123 e. The molecule has 0 unspecified atom stereocenters. The van der Waals surface area contributed by atoms with Crippen molar-refractivity contribution in [2.45, 2.75) is 38.7 Å². The van der Waals surface area contributed by atoms with E-state index in [1.807, 2.05) is 18.2 Å². The molecule has 0 amide bonds. The minimum Gasteiger partial charge on any atom is -0.489 e. The van der Waals surface area contributed by atoms with Crippen molar-refractivity contribution in [3.63, 3.8) is 0 Å². The van der Waals surface area contributed by atoms with Crippen LogP contribution in [0.1, 0.15) is 38.2 Å². The normalized spacial score (nSPS) is 21.5. The van der Waals surface area contributed by atoms with Crippen LogP contribution in [0, 0.1) is 0 Å². The zero-order valence-corrected chi connectivity index (χ0v) is 11.3. The molecule has 1 heterocycles. The molecular formula is C14H20ClNO. The van der Waals surface area contributed by atoms with Crippen molar-refractivity contribution in [3.05, 3.63) is 28.8 Å². The molecule has 2 nitrogen and oxygen atoms in total. The molecule has 1 N–H and O–H groups in total. The maximum atomic E-state index is 6.07. The molecule has 1 aliphatic heterocycles. The number of benzene rings is 1. The monoisotopic (exact) mass is 253 g/mol. The Morgan fingerprint density at radius 1 is 1.53 bits per heavy atom. The minimum absolute atomic E-state index is 0.305. The topological polar surface area (TPSA) is 21.3 Å². The summed E-state index contributed by atoms with van der Waals surface area (Å²) in [6.07, 6.45) is 2.49. The Bertz CT molecular complexity index is 374. The summed E-state index contributed by atoms with van der Waals surface area (Å²) in [5, 5.41) is 4.10. The molecule has 1 aromatic rings. The molecule has 2 rings (SSSR count). The first-order valence-electron chi connectivity index (χ1n) is 6.37. The summed E-state index contributed by atoms with van der Waals surface area (Å²) >= 11 is 6.07. The quantitative estimate of drug-likeness (QED) is 0.885. The maximum Gasteiger partial charge on any atom is 0.123 e. The fourth-order valence-electron chi connectivity index (χ4n) is 2.14. The molecule has 0 radical (unpaired) electrons. The summed E-state index contributed by atoms with van der Waals surface area (Å²) in [5.74, 6) is 1.48. The van der Waals surface area contributed by atoms with Gasteiger partial charge in [-0.2, -0.15) is 0 Å². The summed E-state index contributed by atoms with van der Waals surface area (Å²) < 4.78 is 6.06. The van der Waals surface area contributed by atoms with Crippen molar-refractivity contribution in [2.24, 2.45) is 0 Å². The van der Waals surface area contributed by atoms with Crippen LogP contribution in [0.25, 0.3) is 0 Å². The van der Waals surface area contributed by atoms with Gasteiger partial charge in [0.1, 0.15) is 11.9 Å². The summed E-state index contributed by atoms with van der Waals surface area (Å²) in [7, 11) is 0. The second-order valence-electron chi connectivity index (χ2n) is 4.72. The number of hydrogen-bond donors (Lipinski definition) is 1. The third-order valence-electron chi connectivity index (χ3n) is 3.42. The van der Waals surface area contributed by atoms with E-state index in [-0.39, 0.29) is 0 Å². The number of halogens is 1. The van der Waals surface area contributed by atoms with Crippen molar-refractivity contribution >= 4 is 11.6 Å². The molecular weight excluding hydrogens is 234 g/mol. The molecule has 1 saturated heterocycles. The molecule has 1 aromatic carbocycles. The summed E-state index contributed by atoms with van der Waals surface area (Å²) in [5.41, 5.74) is 1.23. The van der Waals surface area contributed by atoms with E-state index in [2.05, 4.69) is 19.2 Å². The molecule has 0 saturated carbocycles. The van der Waals surface area contributed by atoms with Crippen LogP contribution in [0.5, 0.6) is 5.75 Å². The zero-order chi connectivity index (χ0) is 12.3. The average molecular weight is 254 g/mol. The first-order valence-corrected chi connectivity index (χ1v) is 6.75. The molecule has 0 aromatic heterocycles. The van der Waals surface area contributed by atoms with Crippen LogP contribution in [0.4, 0.5) is 0 Å². The fraction of sp³-hybridized carbons (Fsp3) is 0.571. The first kappa shape index (κ1) is 12.7. The molecule has 17 heavy (non-hydrogen) atoms. The van der Waals surface area contributed by atoms with Gasteiger partial charge >= 0.3 is 0 Å². The van der Waals surface area contributed by atoms with Crippen molar-refractivity contribution in [1.82, 2.24) is 5.32 Å². The van der Waals surface area contributed by atoms with Crippen LogP contribution in [0.15, 0.2) is 18.2 Å². The minimum atomic E-state index is 0.305. The van der Waals surface area contributed by atoms with E-state index < -0.39 is 0 Å². The van der Waals surface area contributed by atoms with E-state index in [1.54, 1.807) is 0 Å². The van der Waals surface area contributed by atoms with Gasteiger partial charge in [0.15, 0.2) is 0 Å². The maximum absolute atomic E-state index is 6.07. The van der Waals surface area contributed by atoms with Gasteiger partial charge < -0.3 is 10.1 Å². The lowest BCUT2D eigenvalue weighted by atomic mass is 9.97. The predicted octanol–water partition coefficient (Wildman–Crippen LogP) is 3.59. The number of ether oxygens (including phenoxy) is 1. The highest BCUT2D eigenvalue weighted by atomic mass is 35.5. The molecule has 0 aliphatic carbocycles. The summed E-state index contributed by atoms with van der Waals surface area (Å²) in [4.78, 5) is 0. The fourth-order valence-corrected chi connectivity index (χ4v) is 2.32. The van der Waals surface area contributed by atoms with Gasteiger partial charge in [-0.25, -0.2) is 0 Å². The Balaban J connectivity index is 2.19. The van der Waals surface area contributed by atoms with Crippen molar-refractivity contribution < 1.29 is 4.74 Å². The lowest BCUT2D eigenvalue weighted by Gasteiger charge is -2.19. The third-order valence-corrected chi connectivity index (χ3v) is 3.66. The average Bonchev–Trinajstić information content (AvgIpc) is 2.83. The number of nitrogens with one attached hydrogen (secondary N) is 1. The molecule has 0 spiro atoms. The van der Waals surface area contributed by atoms with Gasteiger partial charge in [0.05, 0.1) is 0 Å². The molecule has 2 atom stereocenters. The highest BCUT2D eigenvalue weighted by molar-refractivity contribution is 6.30. The van der Waals surface area contributed by atoms with Gasteiger partial charge in [-0.05, 0) is 49.1 Å². The van der Waals surface area contributed by atoms with Crippen molar-refractivity contribution in [3.8, 4) is 5.75 Å². The Hall–Kier alpha value is -0.730. The lowest BCUT2D eigenvalue weighted by Crippen LogP contribution is -2.20. The second kappa shape index (κ2) is 5.74. The molecule has 0 bridgehead atoms. The van der Waals surface area contributed by atoms with Gasteiger partial charge in [-0.3, -0.25) is 0 Å². The third kappa shape index (κ3) is 3.14. The lowest BCUT2D eigenvalue weighted by molar-refractivity contribution is 0.220. The van der Waals surface area contributed by atoms with E-state index in [1.165, 1.54) is 5.56 Å². The van der Waals surface area contributed by atoms with Crippen LogP contribution < -0.4 is 10.1 Å². The van der Waals surface area contributed by atoms with Crippen LogP contribution in [-0.2, 0) is 0 Å². The van der Waals surface area contributed by atoms with E-state index in [0.29, 0.717) is 12.0 Å². The van der Waals surface area contributed by atoms with Crippen LogP contribution >= 0.6 is 11.6 Å². The van der Waals surface area contributed by atoms with Gasteiger partial charge in [0, 0.05) is 11.6 Å². The standard InChI is InChI=1S/C14H20ClNO/c1-3-10(2)13-8-11(15)4-5-14(13)17-12-6-7-16-9-12/h4-5,8,10,12,16H,3,6-7,9H2,1-2H3/t10-,12-/m1/s1. The SMILES string of the molecule is CC[C@@H](C)c1cc(Cl)ccc1O[C@@H]1CCNC1. The van der Waals surface area contributed by atoms with Gasteiger partial charge in [0.25, 0.3) is 0 Å². The van der Waals surface area contributed by atoms with E-state index in [4.69, 9.17) is 16.3 Å². The molecule has 1 fully saturated rings. The predicted molar refractivity (Wildman–Crippen MR) is 72.1 cm³/mol. The van der Waals surface area contributed by atoms with Crippen LogP contribution in [0.3, 0.4) is 0 Å². The van der Waals surface area contributed by atoms with Gasteiger partial charge in [0.2, 0.25) is 0 Å². The van der Waals surface area contributed by atoms with Gasteiger partial charge in [-0.15, -0.1) is 0 Å². The highest BCUT2D eigenvalue weighted by Gasteiger charge is 2.19. The first-order chi connectivity index (χ1) is 8.20. The van der Waals surface area contributed by atoms with E-state index in [9.17, 15) is 0 Å². The molecule has 94 valence electrons. The molecule has 3 heteroatoms. The zero-order valence-electron chi connectivity index (χ0n) is 10.5. The van der Waals surface area contributed by atoms with E-state index >= 15 is 0 Å². The second-order valence-corrected chi connectivity index (χ2v) is 5.16. The summed E-state index contributed by atoms with van der Waals surface area (Å²) in [6, 6.07) is 5.95. The largest absolute Gasteiger partial charge is 0.489 e. The Labute approximate surface area is 108 Å². The Kier molecular flexibility index (Phi) is 4.30. The van der Waals surface area contributed by atoms with Crippen LogP contribution in [-0.4, -0.2) is 19.2 Å². The number of hydrogen-bond acceptors (Lipinski definition) is 2. The summed E-state index contributed by atoms with van der Waals surface area (Å²) in [6.45, 7) is 6.40. The molecule has 1 aliphatic rings. The van der Waals surface area contributed by atoms with Gasteiger partial charge in [-0.1, -0.05) is 25.4 Å².